The summed E-state index contributed by atoms with van der Waals surface area (Å²) in [7, 11) is 0. The summed E-state index contributed by atoms with van der Waals surface area (Å²) in [6, 6.07) is 10.5. The second-order valence-electron chi connectivity index (χ2n) is 3.99. The maximum Gasteiger partial charge on any atom is 0.0563 e. The highest BCUT2D eigenvalue weighted by atomic mass is 32.2. The molecule has 1 nitrogen and oxygen atoms in total. The lowest BCUT2D eigenvalue weighted by Crippen LogP contribution is -2.10. The summed E-state index contributed by atoms with van der Waals surface area (Å²) in [5.41, 5.74) is 0. The highest BCUT2D eigenvalue weighted by Crippen LogP contribution is 2.16. The average Bonchev–Trinajstić information content (AvgIpc) is 2.33. The fourth-order valence-electron chi connectivity index (χ4n) is 1.50. The Kier molecular flexibility index (Phi) is 7.35. The van der Waals surface area contributed by atoms with Crippen LogP contribution < -0.4 is 0 Å². The van der Waals surface area contributed by atoms with Crippen molar-refractivity contribution in [3.05, 3.63) is 30.3 Å². The Bertz CT molecular complexity index is 261. The third kappa shape index (κ3) is 6.19. The summed E-state index contributed by atoms with van der Waals surface area (Å²) in [5, 5.41) is 0. The minimum atomic E-state index is 0.413. The van der Waals surface area contributed by atoms with Gasteiger partial charge in [-0.1, -0.05) is 38.0 Å². The normalized spacial score (nSPS) is 12.6. The number of rotatable bonds is 8. The molecule has 0 aliphatic rings. The van der Waals surface area contributed by atoms with Gasteiger partial charge < -0.3 is 4.74 Å². The van der Waals surface area contributed by atoms with Gasteiger partial charge in [-0.15, -0.1) is 11.8 Å². The van der Waals surface area contributed by atoms with E-state index in [4.69, 9.17) is 4.74 Å². The fraction of sp³-hybridized carbons (Fsp3) is 0.571. The van der Waals surface area contributed by atoms with Gasteiger partial charge in [0.15, 0.2) is 0 Å². The molecule has 1 atom stereocenters. The molecule has 0 spiro atoms. The molecule has 0 aliphatic carbocycles. The van der Waals surface area contributed by atoms with Gasteiger partial charge in [-0.25, -0.2) is 0 Å². The summed E-state index contributed by atoms with van der Waals surface area (Å²) < 4.78 is 5.74. The first-order valence-corrected chi connectivity index (χ1v) is 7.11. The minimum absolute atomic E-state index is 0.413. The van der Waals surface area contributed by atoms with Gasteiger partial charge in [0, 0.05) is 10.6 Å². The van der Waals surface area contributed by atoms with E-state index in [2.05, 4.69) is 38.1 Å². The fourth-order valence-corrected chi connectivity index (χ4v) is 2.27. The van der Waals surface area contributed by atoms with Crippen molar-refractivity contribution < 1.29 is 4.74 Å². The van der Waals surface area contributed by atoms with Gasteiger partial charge in [0.2, 0.25) is 0 Å². The molecule has 0 saturated heterocycles. The van der Waals surface area contributed by atoms with Gasteiger partial charge in [-0.2, -0.15) is 0 Å². The molecule has 0 amide bonds. The van der Waals surface area contributed by atoms with Gasteiger partial charge in [0.1, 0.15) is 0 Å². The molecule has 2 heteroatoms. The molecule has 0 bridgehead atoms. The lowest BCUT2D eigenvalue weighted by Gasteiger charge is -2.12. The molecule has 90 valence electrons. The number of ether oxygens (including phenoxy) is 1. The largest absolute Gasteiger partial charge is 0.378 e. The van der Waals surface area contributed by atoms with Gasteiger partial charge in [-0.05, 0) is 25.5 Å². The van der Waals surface area contributed by atoms with Crippen LogP contribution in [0.3, 0.4) is 0 Å². The highest BCUT2D eigenvalue weighted by molar-refractivity contribution is 7.99. The molecule has 1 aromatic carbocycles. The van der Waals surface area contributed by atoms with E-state index in [9.17, 15) is 0 Å². The lowest BCUT2D eigenvalue weighted by molar-refractivity contribution is 0.0707. The zero-order valence-electron chi connectivity index (χ0n) is 10.3. The van der Waals surface area contributed by atoms with Crippen molar-refractivity contribution >= 4 is 11.8 Å². The van der Waals surface area contributed by atoms with E-state index in [1.165, 1.54) is 24.2 Å². The van der Waals surface area contributed by atoms with E-state index >= 15 is 0 Å². The van der Waals surface area contributed by atoms with Gasteiger partial charge in [-0.3, -0.25) is 0 Å². The van der Waals surface area contributed by atoms with Gasteiger partial charge in [0.05, 0.1) is 12.7 Å². The van der Waals surface area contributed by atoms with Crippen LogP contribution >= 0.6 is 11.8 Å². The van der Waals surface area contributed by atoms with Crippen molar-refractivity contribution in [2.75, 3.05) is 12.4 Å². The van der Waals surface area contributed by atoms with E-state index < -0.39 is 0 Å². The van der Waals surface area contributed by atoms with Crippen LogP contribution in [0.15, 0.2) is 35.2 Å². The number of hydrogen-bond acceptors (Lipinski definition) is 2. The van der Waals surface area contributed by atoms with E-state index in [-0.39, 0.29) is 0 Å². The molecule has 0 aromatic heterocycles. The third-order valence-corrected chi connectivity index (χ3v) is 3.44. The highest BCUT2D eigenvalue weighted by Gasteiger charge is 2.00. The van der Waals surface area contributed by atoms with Crippen molar-refractivity contribution in [2.45, 2.75) is 44.1 Å². The topological polar surface area (TPSA) is 9.23 Å². The SMILES string of the molecule is CCCCC(C)OCCSc1ccccc1. The second kappa shape index (κ2) is 8.66. The van der Waals surface area contributed by atoms with Crippen LogP contribution in [0.1, 0.15) is 33.1 Å². The van der Waals surface area contributed by atoms with Crippen LogP contribution in [-0.2, 0) is 4.74 Å². The molecule has 1 unspecified atom stereocenters. The molecule has 1 rings (SSSR count). The Morgan fingerprint density at radius 1 is 1.25 bits per heavy atom. The van der Waals surface area contributed by atoms with Crippen molar-refractivity contribution in [3.63, 3.8) is 0 Å². The summed E-state index contributed by atoms with van der Waals surface area (Å²) in [5.74, 6) is 1.04. The monoisotopic (exact) mass is 238 g/mol. The van der Waals surface area contributed by atoms with Crippen LogP contribution in [0, 0.1) is 0 Å². The first-order chi connectivity index (χ1) is 7.83. The van der Waals surface area contributed by atoms with E-state index in [0.29, 0.717) is 6.10 Å². The molecular weight excluding hydrogens is 216 g/mol. The molecule has 0 radical (unpaired) electrons. The predicted molar refractivity (Wildman–Crippen MR) is 72.1 cm³/mol. The number of benzene rings is 1. The Hall–Kier alpha value is -0.470. The number of thioether (sulfide) groups is 1. The summed E-state index contributed by atoms with van der Waals surface area (Å²) in [6.07, 6.45) is 4.13. The Morgan fingerprint density at radius 3 is 2.69 bits per heavy atom. The summed E-state index contributed by atoms with van der Waals surface area (Å²) >= 11 is 1.86. The second-order valence-corrected chi connectivity index (χ2v) is 5.15. The maximum atomic E-state index is 5.74. The standard InChI is InChI=1S/C14H22OS/c1-3-4-8-13(2)15-11-12-16-14-9-6-5-7-10-14/h5-7,9-10,13H,3-4,8,11-12H2,1-2H3. The smallest absolute Gasteiger partial charge is 0.0563 e. The molecule has 0 N–H and O–H groups in total. The van der Waals surface area contributed by atoms with E-state index in [0.717, 1.165) is 12.4 Å². The van der Waals surface area contributed by atoms with Crippen molar-refractivity contribution in [1.82, 2.24) is 0 Å². The molecular formula is C14H22OS. The van der Waals surface area contributed by atoms with Crippen LogP contribution in [0.5, 0.6) is 0 Å². The lowest BCUT2D eigenvalue weighted by atomic mass is 10.2. The van der Waals surface area contributed by atoms with Crippen LogP contribution in [0.4, 0.5) is 0 Å². The van der Waals surface area contributed by atoms with E-state index in [1.54, 1.807) is 0 Å². The minimum Gasteiger partial charge on any atom is -0.378 e. The summed E-state index contributed by atoms with van der Waals surface area (Å²) in [4.78, 5) is 1.33. The molecule has 0 heterocycles. The number of hydrogen-bond donors (Lipinski definition) is 0. The molecule has 0 aliphatic heterocycles. The predicted octanol–water partition coefficient (Wildman–Crippen LogP) is 4.37. The Balaban J connectivity index is 2.03. The molecule has 1 aromatic rings. The average molecular weight is 238 g/mol. The van der Waals surface area contributed by atoms with E-state index in [1.807, 2.05) is 17.8 Å². The van der Waals surface area contributed by atoms with Crippen molar-refractivity contribution in [3.8, 4) is 0 Å². The molecule has 0 fully saturated rings. The van der Waals surface area contributed by atoms with Gasteiger partial charge in [0.25, 0.3) is 0 Å². The Labute approximate surface area is 104 Å². The third-order valence-electron chi connectivity index (χ3n) is 2.46. The Morgan fingerprint density at radius 2 is 2.00 bits per heavy atom. The number of unbranched alkanes of at least 4 members (excludes halogenated alkanes) is 1. The first-order valence-electron chi connectivity index (χ1n) is 6.12. The van der Waals surface area contributed by atoms with Crippen LogP contribution in [-0.4, -0.2) is 18.5 Å². The first kappa shape index (κ1) is 13.6. The summed E-state index contributed by atoms with van der Waals surface area (Å²) in [6.45, 7) is 5.24. The maximum absolute atomic E-state index is 5.74. The van der Waals surface area contributed by atoms with Gasteiger partial charge >= 0.3 is 0 Å². The van der Waals surface area contributed by atoms with Crippen molar-refractivity contribution in [1.29, 1.82) is 0 Å². The molecule has 0 saturated carbocycles. The molecule has 16 heavy (non-hydrogen) atoms. The van der Waals surface area contributed by atoms with Crippen LogP contribution in [0.25, 0.3) is 0 Å². The zero-order valence-corrected chi connectivity index (χ0v) is 11.1. The zero-order chi connectivity index (χ0) is 11.6. The van der Waals surface area contributed by atoms with Crippen molar-refractivity contribution in [2.24, 2.45) is 0 Å². The van der Waals surface area contributed by atoms with Crippen LogP contribution in [0.2, 0.25) is 0 Å². The quantitative estimate of drug-likeness (QED) is 0.491.